The van der Waals surface area contributed by atoms with Crippen molar-refractivity contribution in [1.29, 1.82) is 0 Å². The molecule has 0 aliphatic carbocycles. The second-order valence-electron chi connectivity index (χ2n) is 3.70. The fraction of sp³-hybridized carbons (Fsp3) is 0.500. The third-order valence-electron chi connectivity index (χ3n) is 1.74. The Kier molecular flexibility index (Phi) is 4.04. The first kappa shape index (κ1) is 12.2. The SMILES string of the molecule is CC(C)Oc1cncc(N(C)CC(N)=O)n1. The number of rotatable bonds is 5. The predicted molar refractivity (Wildman–Crippen MR) is 60.3 cm³/mol. The first-order chi connectivity index (χ1) is 7.49. The lowest BCUT2D eigenvalue weighted by Crippen LogP contribution is -2.31. The van der Waals surface area contributed by atoms with Crippen LogP contribution in [-0.4, -0.2) is 35.6 Å². The molecule has 0 saturated heterocycles. The van der Waals surface area contributed by atoms with Gasteiger partial charge in [0.2, 0.25) is 11.8 Å². The number of ether oxygens (including phenoxy) is 1. The van der Waals surface area contributed by atoms with Crippen molar-refractivity contribution in [2.45, 2.75) is 20.0 Å². The Balaban J connectivity index is 2.77. The Hall–Kier alpha value is -1.85. The zero-order valence-corrected chi connectivity index (χ0v) is 9.67. The molecule has 16 heavy (non-hydrogen) atoms. The van der Waals surface area contributed by atoms with Gasteiger partial charge in [0.15, 0.2) is 5.82 Å². The Morgan fingerprint density at radius 1 is 1.56 bits per heavy atom. The van der Waals surface area contributed by atoms with Gasteiger partial charge in [0.1, 0.15) is 0 Å². The van der Waals surface area contributed by atoms with Gasteiger partial charge in [-0.3, -0.25) is 9.78 Å². The highest BCUT2D eigenvalue weighted by Crippen LogP contribution is 2.13. The molecule has 6 nitrogen and oxygen atoms in total. The summed E-state index contributed by atoms with van der Waals surface area (Å²) in [5, 5.41) is 0. The monoisotopic (exact) mass is 224 g/mol. The van der Waals surface area contributed by atoms with Crippen molar-refractivity contribution in [2.75, 3.05) is 18.5 Å². The minimum Gasteiger partial charge on any atom is -0.474 e. The number of carbonyl (C=O) groups is 1. The van der Waals surface area contributed by atoms with Crippen LogP contribution in [0.5, 0.6) is 5.88 Å². The highest BCUT2D eigenvalue weighted by atomic mass is 16.5. The average molecular weight is 224 g/mol. The fourth-order valence-electron chi connectivity index (χ4n) is 1.14. The van der Waals surface area contributed by atoms with Crippen molar-refractivity contribution >= 4 is 11.7 Å². The Morgan fingerprint density at radius 3 is 2.81 bits per heavy atom. The zero-order valence-electron chi connectivity index (χ0n) is 9.67. The first-order valence-corrected chi connectivity index (χ1v) is 4.97. The van der Waals surface area contributed by atoms with E-state index in [-0.39, 0.29) is 12.6 Å². The van der Waals surface area contributed by atoms with Crippen molar-refractivity contribution in [3.63, 3.8) is 0 Å². The van der Waals surface area contributed by atoms with E-state index in [1.807, 2.05) is 13.8 Å². The molecule has 0 spiro atoms. The van der Waals surface area contributed by atoms with E-state index in [2.05, 4.69) is 9.97 Å². The van der Waals surface area contributed by atoms with Gasteiger partial charge in [-0.25, -0.2) is 0 Å². The lowest BCUT2D eigenvalue weighted by atomic mass is 10.5. The number of nitrogens with two attached hydrogens (primary N) is 1. The van der Waals surface area contributed by atoms with Crippen LogP contribution in [0.2, 0.25) is 0 Å². The van der Waals surface area contributed by atoms with Crippen LogP contribution in [0.4, 0.5) is 5.82 Å². The van der Waals surface area contributed by atoms with Gasteiger partial charge in [-0.2, -0.15) is 4.98 Å². The van der Waals surface area contributed by atoms with Crippen molar-refractivity contribution in [3.05, 3.63) is 12.4 Å². The number of amides is 1. The molecule has 0 fully saturated rings. The van der Waals surface area contributed by atoms with Crippen molar-refractivity contribution < 1.29 is 9.53 Å². The third kappa shape index (κ3) is 3.72. The molecule has 0 atom stereocenters. The number of nitrogens with zero attached hydrogens (tertiary/aromatic N) is 3. The van der Waals surface area contributed by atoms with Crippen molar-refractivity contribution in [2.24, 2.45) is 5.73 Å². The summed E-state index contributed by atoms with van der Waals surface area (Å²) in [6.45, 7) is 3.91. The minimum absolute atomic E-state index is 0.0333. The smallest absolute Gasteiger partial charge is 0.236 e. The Bertz CT molecular complexity index is 368. The molecule has 0 aromatic carbocycles. The van der Waals surface area contributed by atoms with Gasteiger partial charge < -0.3 is 15.4 Å². The van der Waals surface area contributed by atoms with Gasteiger partial charge >= 0.3 is 0 Å². The molecule has 0 unspecified atom stereocenters. The van der Waals surface area contributed by atoms with Crippen molar-refractivity contribution in [1.82, 2.24) is 9.97 Å². The molecule has 1 heterocycles. The number of primary amides is 1. The summed E-state index contributed by atoms with van der Waals surface area (Å²) in [6, 6.07) is 0. The second-order valence-corrected chi connectivity index (χ2v) is 3.70. The molecule has 0 saturated carbocycles. The lowest BCUT2D eigenvalue weighted by Gasteiger charge is -2.16. The molecule has 0 bridgehead atoms. The van der Waals surface area contributed by atoms with E-state index in [9.17, 15) is 4.79 Å². The highest BCUT2D eigenvalue weighted by molar-refractivity contribution is 5.78. The highest BCUT2D eigenvalue weighted by Gasteiger charge is 2.08. The molecule has 1 rings (SSSR count). The molecule has 1 amide bonds. The van der Waals surface area contributed by atoms with Crippen LogP contribution in [0.3, 0.4) is 0 Å². The van der Waals surface area contributed by atoms with Crippen LogP contribution in [0, 0.1) is 0 Å². The second kappa shape index (κ2) is 5.29. The molecule has 88 valence electrons. The number of hydrogen-bond acceptors (Lipinski definition) is 5. The number of anilines is 1. The van der Waals surface area contributed by atoms with Crippen LogP contribution in [0.1, 0.15) is 13.8 Å². The van der Waals surface area contributed by atoms with E-state index in [1.165, 1.54) is 6.20 Å². The topological polar surface area (TPSA) is 81.3 Å². The van der Waals surface area contributed by atoms with E-state index in [1.54, 1.807) is 18.1 Å². The summed E-state index contributed by atoms with van der Waals surface area (Å²) in [5.74, 6) is 0.570. The molecular formula is C10H16N4O2. The van der Waals surface area contributed by atoms with Gasteiger partial charge in [-0.15, -0.1) is 0 Å². The van der Waals surface area contributed by atoms with E-state index in [0.29, 0.717) is 11.7 Å². The number of aromatic nitrogens is 2. The standard InChI is InChI=1S/C10H16N4O2/c1-7(2)16-10-5-12-4-9(13-10)14(3)6-8(11)15/h4-5,7H,6H2,1-3H3,(H2,11,15). The molecular weight excluding hydrogens is 208 g/mol. The normalized spacial score (nSPS) is 10.2. The van der Waals surface area contributed by atoms with E-state index < -0.39 is 5.91 Å². The molecule has 6 heteroatoms. The number of carbonyl (C=O) groups excluding carboxylic acids is 1. The summed E-state index contributed by atoms with van der Waals surface area (Å²) < 4.78 is 5.39. The molecule has 0 radical (unpaired) electrons. The average Bonchev–Trinajstić information content (AvgIpc) is 2.16. The maximum Gasteiger partial charge on any atom is 0.236 e. The van der Waals surface area contributed by atoms with Crippen LogP contribution in [-0.2, 0) is 4.79 Å². The maximum absolute atomic E-state index is 10.7. The maximum atomic E-state index is 10.7. The number of hydrogen-bond donors (Lipinski definition) is 1. The fourth-order valence-corrected chi connectivity index (χ4v) is 1.14. The summed E-state index contributed by atoms with van der Waals surface area (Å²) in [7, 11) is 1.72. The zero-order chi connectivity index (χ0) is 12.1. The van der Waals surface area contributed by atoms with Gasteiger partial charge in [-0.1, -0.05) is 0 Å². The largest absolute Gasteiger partial charge is 0.474 e. The molecule has 2 N–H and O–H groups in total. The molecule has 1 aromatic heterocycles. The summed E-state index contributed by atoms with van der Waals surface area (Å²) in [5.41, 5.74) is 5.09. The molecule has 1 aromatic rings. The predicted octanol–water partition coefficient (Wildman–Crippen LogP) is 0.185. The Morgan fingerprint density at radius 2 is 2.25 bits per heavy atom. The summed E-state index contributed by atoms with van der Waals surface area (Å²) in [4.78, 5) is 20.5. The first-order valence-electron chi connectivity index (χ1n) is 4.97. The third-order valence-corrected chi connectivity index (χ3v) is 1.74. The molecule has 0 aliphatic heterocycles. The number of likely N-dealkylation sites (N-methyl/N-ethyl adjacent to an activating group) is 1. The van der Waals surface area contributed by atoms with Crippen molar-refractivity contribution in [3.8, 4) is 5.88 Å². The van der Waals surface area contributed by atoms with Gasteiger partial charge in [0.05, 0.1) is 25.0 Å². The van der Waals surface area contributed by atoms with Crippen LogP contribution in [0.25, 0.3) is 0 Å². The Labute approximate surface area is 94.4 Å². The van der Waals surface area contributed by atoms with Gasteiger partial charge in [0.25, 0.3) is 0 Å². The summed E-state index contributed by atoms with van der Waals surface area (Å²) in [6.07, 6.45) is 3.11. The minimum atomic E-state index is -0.417. The van der Waals surface area contributed by atoms with Gasteiger partial charge in [0, 0.05) is 7.05 Å². The van der Waals surface area contributed by atoms with Crippen LogP contribution in [0.15, 0.2) is 12.4 Å². The molecule has 0 aliphatic rings. The lowest BCUT2D eigenvalue weighted by molar-refractivity contribution is -0.116. The summed E-state index contributed by atoms with van der Waals surface area (Å²) >= 11 is 0. The van der Waals surface area contributed by atoms with E-state index in [4.69, 9.17) is 10.5 Å². The van der Waals surface area contributed by atoms with E-state index >= 15 is 0 Å². The van der Waals surface area contributed by atoms with Crippen LogP contribution >= 0.6 is 0 Å². The quantitative estimate of drug-likeness (QED) is 0.771. The van der Waals surface area contributed by atoms with E-state index in [0.717, 1.165) is 0 Å². The van der Waals surface area contributed by atoms with Gasteiger partial charge in [-0.05, 0) is 13.8 Å². The van der Waals surface area contributed by atoms with Crippen LogP contribution < -0.4 is 15.4 Å².